The quantitative estimate of drug-likeness (QED) is 0.509. The second-order valence-corrected chi connectivity index (χ2v) is 7.99. The van der Waals surface area contributed by atoms with Crippen LogP contribution in [0.2, 0.25) is 0 Å². The minimum atomic E-state index is 0.218. The van der Waals surface area contributed by atoms with E-state index in [-0.39, 0.29) is 5.41 Å². The van der Waals surface area contributed by atoms with Gasteiger partial charge in [0.15, 0.2) is 11.7 Å². The van der Waals surface area contributed by atoms with E-state index in [4.69, 9.17) is 4.42 Å². The van der Waals surface area contributed by atoms with Crippen molar-refractivity contribution in [3.63, 3.8) is 0 Å². The number of pyridine rings is 2. The molecule has 0 aliphatic carbocycles. The highest BCUT2D eigenvalue weighted by Crippen LogP contribution is 2.32. The molecule has 0 spiro atoms. The van der Waals surface area contributed by atoms with Gasteiger partial charge in [-0.2, -0.15) is 5.26 Å². The molecule has 0 atom stereocenters. The van der Waals surface area contributed by atoms with Crippen LogP contribution in [-0.2, 0) is 6.42 Å². The summed E-state index contributed by atoms with van der Waals surface area (Å²) in [6.45, 7) is 6.60. The molecule has 0 unspecified atom stereocenters. The minimum absolute atomic E-state index is 0.218. The number of fused-ring (bicyclic) bond motifs is 1. The maximum atomic E-state index is 9.29. The molecule has 4 aromatic heterocycles. The zero-order valence-corrected chi connectivity index (χ0v) is 16.2. The molecule has 140 valence electrons. The van der Waals surface area contributed by atoms with E-state index in [1.54, 1.807) is 18.5 Å². The van der Waals surface area contributed by atoms with E-state index in [2.05, 4.69) is 41.8 Å². The Morgan fingerprint density at radius 2 is 2.00 bits per heavy atom. The first-order valence-corrected chi connectivity index (χ1v) is 9.22. The zero-order valence-electron chi connectivity index (χ0n) is 16.2. The Hall–Kier alpha value is -3.46. The molecule has 0 saturated heterocycles. The predicted molar refractivity (Wildman–Crippen MR) is 106 cm³/mol. The Morgan fingerprint density at radius 3 is 2.79 bits per heavy atom. The van der Waals surface area contributed by atoms with Crippen molar-refractivity contribution in [1.29, 1.82) is 5.26 Å². The van der Waals surface area contributed by atoms with Crippen molar-refractivity contribution in [2.45, 2.75) is 33.6 Å². The van der Waals surface area contributed by atoms with Crippen LogP contribution in [0.1, 0.15) is 38.8 Å². The normalized spacial score (nSPS) is 11.6. The maximum absolute atomic E-state index is 9.29. The van der Waals surface area contributed by atoms with Crippen molar-refractivity contribution < 1.29 is 4.42 Å². The lowest BCUT2D eigenvalue weighted by Crippen LogP contribution is -2.06. The number of aromatic nitrogens is 4. The Morgan fingerprint density at radius 1 is 1.14 bits per heavy atom. The highest BCUT2D eigenvalue weighted by molar-refractivity contribution is 5.79. The fourth-order valence-electron chi connectivity index (χ4n) is 3.03. The van der Waals surface area contributed by atoms with Crippen molar-refractivity contribution >= 4 is 5.65 Å². The SMILES string of the molecule is CC(C)(C)CCc1ncc(-c2ccc(C#N)nc2-c2ccn3ccnc3c2)o1. The summed E-state index contributed by atoms with van der Waals surface area (Å²) in [7, 11) is 0. The zero-order chi connectivity index (χ0) is 19.7. The van der Waals surface area contributed by atoms with Crippen LogP contribution < -0.4 is 0 Å². The third-order valence-electron chi connectivity index (χ3n) is 4.59. The lowest BCUT2D eigenvalue weighted by atomic mass is 9.91. The van der Waals surface area contributed by atoms with Crippen LogP contribution in [0.25, 0.3) is 28.2 Å². The molecule has 4 rings (SSSR count). The second-order valence-electron chi connectivity index (χ2n) is 7.99. The molecule has 0 amide bonds. The Kier molecular flexibility index (Phi) is 4.44. The number of hydrogen-bond donors (Lipinski definition) is 0. The Bertz CT molecular complexity index is 1170. The van der Waals surface area contributed by atoms with Gasteiger partial charge in [0.05, 0.1) is 11.9 Å². The first-order valence-electron chi connectivity index (χ1n) is 9.22. The molecule has 0 saturated carbocycles. The molecule has 4 heterocycles. The van der Waals surface area contributed by atoms with Crippen LogP contribution in [0.3, 0.4) is 0 Å². The molecular formula is C22H21N5O. The lowest BCUT2D eigenvalue weighted by molar-refractivity contribution is 0.356. The van der Waals surface area contributed by atoms with Gasteiger partial charge in [-0.25, -0.2) is 15.0 Å². The highest BCUT2D eigenvalue weighted by Gasteiger charge is 2.17. The van der Waals surface area contributed by atoms with Gasteiger partial charge < -0.3 is 8.82 Å². The molecule has 0 fully saturated rings. The largest absolute Gasteiger partial charge is 0.441 e. The van der Waals surface area contributed by atoms with E-state index in [1.165, 1.54) is 0 Å². The van der Waals surface area contributed by atoms with Crippen LogP contribution in [0.4, 0.5) is 0 Å². The maximum Gasteiger partial charge on any atom is 0.194 e. The number of nitrogens with zero attached hydrogens (tertiary/aromatic N) is 5. The molecule has 0 aromatic carbocycles. The average Bonchev–Trinajstić information content (AvgIpc) is 3.34. The lowest BCUT2D eigenvalue weighted by Gasteiger charge is -2.16. The first-order chi connectivity index (χ1) is 13.4. The predicted octanol–water partition coefficient (Wildman–Crippen LogP) is 4.90. The average molecular weight is 371 g/mol. The molecule has 0 N–H and O–H groups in total. The van der Waals surface area contributed by atoms with Gasteiger partial charge >= 0.3 is 0 Å². The van der Waals surface area contributed by atoms with Crippen LogP contribution in [0.15, 0.2) is 53.5 Å². The second kappa shape index (κ2) is 6.93. The van der Waals surface area contributed by atoms with Crippen LogP contribution >= 0.6 is 0 Å². The molecule has 6 heteroatoms. The summed E-state index contributed by atoms with van der Waals surface area (Å²) < 4.78 is 7.95. The van der Waals surface area contributed by atoms with Gasteiger partial charge in [-0.1, -0.05) is 20.8 Å². The third-order valence-corrected chi connectivity index (χ3v) is 4.59. The fraction of sp³-hybridized carbons (Fsp3) is 0.273. The molecule has 0 radical (unpaired) electrons. The van der Waals surface area contributed by atoms with E-state index in [1.807, 2.05) is 35.0 Å². The van der Waals surface area contributed by atoms with Gasteiger partial charge in [0.1, 0.15) is 17.4 Å². The highest BCUT2D eigenvalue weighted by atomic mass is 16.4. The molecular weight excluding hydrogens is 350 g/mol. The molecule has 28 heavy (non-hydrogen) atoms. The van der Waals surface area contributed by atoms with E-state index in [9.17, 15) is 5.26 Å². The summed E-state index contributed by atoms with van der Waals surface area (Å²) in [6.07, 6.45) is 9.06. The number of oxazole rings is 1. The standard InChI is InChI=1S/C22H21N5O/c1-22(2,3)8-6-20-25-14-18(28-20)17-5-4-16(13-23)26-21(17)15-7-10-27-11-9-24-19(27)12-15/h4-5,7,9-12,14H,6,8H2,1-3H3. The van der Waals surface area contributed by atoms with Crippen LogP contribution in [-0.4, -0.2) is 19.4 Å². The summed E-state index contributed by atoms with van der Waals surface area (Å²) in [6, 6.07) is 9.58. The summed E-state index contributed by atoms with van der Waals surface area (Å²) in [5, 5.41) is 9.29. The van der Waals surface area contributed by atoms with Gasteiger partial charge in [-0.05, 0) is 36.1 Å². The van der Waals surface area contributed by atoms with E-state index >= 15 is 0 Å². The van der Waals surface area contributed by atoms with Crippen LogP contribution in [0.5, 0.6) is 0 Å². The van der Waals surface area contributed by atoms with Crippen molar-refractivity contribution in [3.8, 4) is 28.7 Å². The van der Waals surface area contributed by atoms with Gasteiger partial charge in [-0.3, -0.25) is 0 Å². The van der Waals surface area contributed by atoms with Crippen LogP contribution in [0, 0.1) is 16.7 Å². The summed E-state index contributed by atoms with van der Waals surface area (Å²) in [4.78, 5) is 13.3. The smallest absolute Gasteiger partial charge is 0.194 e. The first kappa shape index (κ1) is 17.9. The number of hydrogen-bond acceptors (Lipinski definition) is 5. The summed E-state index contributed by atoms with van der Waals surface area (Å²) in [5.74, 6) is 1.36. The van der Waals surface area contributed by atoms with Gasteiger partial charge in [0.2, 0.25) is 0 Å². The number of aryl methyl sites for hydroxylation is 1. The molecule has 0 aliphatic rings. The summed E-state index contributed by atoms with van der Waals surface area (Å²) in [5.41, 5.74) is 3.76. The Labute approximate surface area is 163 Å². The number of nitriles is 1. The molecule has 6 nitrogen and oxygen atoms in total. The monoisotopic (exact) mass is 371 g/mol. The van der Waals surface area contributed by atoms with Crippen molar-refractivity contribution in [1.82, 2.24) is 19.4 Å². The third kappa shape index (κ3) is 3.65. The molecule has 0 bridgehead atoms. The molecule has 0 aliphatic heterocycles. The topological polar surface area (TPSA) is 80.0 Å². The molecule has 4 aromatic rings. The van der Waals surface area contributed by atoms with Gasteiger partial charge in [0.25, 0.3) is 0 Å². The van der Waals surface area contributed by atoms with E-state index in [0.717, 1.165) is 29.6 Å². The van der Waals surface area contributed by atoms with Crippen molar-refractivity contribution in [2.75, 3.05) is 0 Å². The Balaban J connectivity index is 1.75. The van der Waals surface area contributed by atoms with Gasteiger partial charge in [0, 0.05) is 36.1 Å². The van der Waals surface area contributed by atoms with Gasteiger partial charge in [-0.15, -0.1) is 0 Å². The van der Waals surface area contributed by atoms with E-state index in [0.29, 0.717) is 23.0 Å². The minimum Gasteiger partial charge on any atom is -0.441 e. The summed E-state index contributed by atoms with van der Waals surface area (Å²) >= 11 is 0. The van der Waals surface area contributed by atoms with E-state index < -0.39 is 0 Å². The van der Waals surface area contributed by atoms with Crippen molar-refractivity contribution in [2.24, 2.45) is 5.41 Å². The number of rotatable bonds is 4. The van der Waals surface area contributed by atoms with Crippen molar-refractivity contribution in [3.05, 3.63) is 60.6 Å². The fourth-order valence-corrected chi connectivity index (χ4v) is 3.03. The number of imidazole rings is 1.